The topological polar surface area (TPSA) is 62.3 Å². The predicted octanol–water partition coefficient (Wildman–Crippen LogP) is 2.57. The fourth-order valence-corrected chi connectivity index (χ4v) is 2.40. The standard InChI is InChI=1S/C15H12ClN3O2/c1-19-14(20)11-3-2-10(6-12(11)15(19)21)18-7-9-4-5-17-8-13(9)16/h2-6,8,18H,7H2,1H3. The van der Waals surface area contributed by atoms with Gasteiger partial charge in [-0.2, -0.15) is 0 Å². The molecular weight excluding hydrogens is 290 g/mol. The molecule has 6 heteroatoms. The van der Waals surface area contributed by atoms with E-state index in [1.54, 1.807) is 30.6 Å². The molecule has 1 aromatic carbocycles. The van der Waals surface area contributed by atoms with E-state index < -0.39 is 0 Å². The van der Waals surface area contributed by atoms with Crippen molar-refractivity contribution in [2.45, 2.75) is 6.54 Å². The number of pyridine rings is 1. The molecule has 106 valence electrons. The third kappa shape index (κ3) is 2.36. The summed E-state index contributed by atoms with van der Waals surface area (Å²) in [6, 6.07) is 6.95. The van der Waals surface area contributed by atoms with Gasteiger partial charge in [0.05, 0.1) is 16.1 Å². The summed E-state index contributed by atoms with van der Waals surface area (Å²) in [6.45, 7) is 0.512. The number of nitrogens with zero attached hydrogens (tertiary/aromatic N) is 2. The lowest BCUT2D eigenvalue weighted by Crippen LogP contribution is -2.24. The minimum absolute atomic E-state index is 0.265. The molecule has 1 aliphatic heterocycles. The first-order valence-electron chi connectivity index (χ1n) is 6.36. The summed E-state index contributed by atoms with van der Waals surface area (Å²) in [4.78, 5) is 28.8. The van der Waals surface area contributed by atoms with E-state index in [1.165, 1.54) is 7.05 Å². The first kappa shape index (κ1) is 13.6. The minimum atomic E-state index is -0.277. The number of hydrogen-bond donors (Lipinski definition) is 1. The molecule has 0 bridgehead atoms. The minimum Gasteiger partial charge on any atom is -0.381 e. The van der Waals surface area contributed by atoms with Gasteiger partial charge < -0.3 is 5.32 Å². The quantitative estimate of drug-likeness (QED) is 0.885. The third-order valence-corrected chi connectivity index (χ3v) is 3.77. The Bertz CT molecular complexity index is 745. The Balaban J connectivity index is 1.82. The fourth-order valence-electron chi connectivity index (χ4n) is 2.22. The normalized spacial score (nSPS) is 13.5. The average Bonchev–Trinajstić information content (AvgIpc) is 2.71. The van der Waals surface area contributed by atoms with E-state index in [1.807, 2.05) is 6.07 Å². The predicted molar refractivity (Wildman–Crippen MR) is 79.4 cm³/mol. The number of aromatic nitrogens is 1. The molecule has 0 unspecified atom stereocenters. The highest BCUT2D eigenvalue weighted by Gasteiger charge is 2.32. The Kier molecular flexibility index (Phi) is 3.35. The van der Waals surface area contributed by atoms with Crippen molar-refractivity contribution >= 4 is 29.1 Å². The van der Waals surface area contributed by atoms with Crippen LogP contribution in [0.4, 0.5) is 5.69 Å². The Morgan fingerprint density at radius 2 is 1.95 bits per heavy atom. The lowest BCUT2D eigenvalue weighted by molar-refractivity contribution is 0.0693. The maximum Gasteiger partial charge on any atom is 0.261 e. The number of nitrogens with one attached hydrogen (secondary N) is 1. The molecule has 1 aliphatic rings. The Morgan fingerprint density at radius 1 is 1.19 bits per heavy atom. The summed E-state index contributed by atoms with van der Waals surface area (Å²) in [7, 11) is 1.48. The van der Waals surface area contributed by atoms with Gasteiger partial charge in [0.15, 0.2) is 0 Å². The molecule has 1 N–H and O–H groups in total. The van der Waals surface area contributed by atoms with Gasteiger partial charge in [-0.05, 0) is 29.8 Å². The first-order valence-corrected chi connectivity index (χ1v) is 6.74. The summed E-state index contributed by atoms with van der Waals surface area (Å²) < 4.78 is 0. The second-order valence-corrected chi connectivity index (χ2v) is 5.16. The zero-order valence-electron chi connectivity index (χ0n) is 11.3. The maximum atomic E-state index is 11.9. The molecule has 0 aliphatic carbocycles. The number of amides is 2. The SMILES string of the molecule is CN1C(=O)c2ccc(NCc3ccncc3Cl)cc2C1=O. The first-order chi connectivity index (χ1) is 10.1. The van der Waals surface area contributed by atoms with E-state index in [0.717, 1.165) is 16.2 Å². The van der Waals surface area contributed by atoms with Crippen molar-refractivity contribution in [3.8, 4) is 0 Å². The zero-order chi connectivity index (χ0) is 15.0. The van der Waals surface area contributed by atoms with Gasteiger partial charge in [-0.15, -0.1) is 0 Å². The van der Waals surface area contributed by atoms with Crippen LogP contribution in [0.25, 0.3) is 0 Å². The van der Waals surface area contributed by atoms with Crippen LogP contribution in [0.5, 0.6) is 0 Å². The molecule has 2 heterocycles. The van der Waals surface area contributed by atoms with Crippen LogP contribution in [0.2, 0.25) is 5.02 Å². The molecule has 2 amide bonds. The van der Waals surface area contributed by atoms with Crippen LogP contribution in [0.15, 0.2) is 36.7 Å². The largest absolute Gasteiger partial charge is 0.381 e. The van der Waals surface area contributed by atoms with E-state index >= 15 is 0 Å². The van der Waals surface area contributed by atoms with Crippen LogP contribution in [0.3, 0.4) is 0 Å². The molecule has 0 fully saturated rings. The van der Waals surface area contributed by atoms with E-state index in [4.69, 9.17) is 11.6 Å². The highest BCUT2D eigenvalue weighted by Crippen LogP contribution is 2.25. The lowest BCUT2D eigenvalue weighted by Gasteiger charge is -2.08. The number of anilines is 1. The van der Waals surface area contributed by atoms with Gasteiger partial charge >= 0.3 is 0 Å². The van der Waals surface area contributed by atoms with Crippen molar-refractivity contribution in [2.24, 2.45) is 0 Å². The second-order valence-electron chi connectivity index (χ2n) is 4.75. The molecule has 21 heavy (non-hydrogen) atoms. The van der Waals surface area contributed by atoms with Crippen molar-refractivity contribution in [1.82, 2.24) is 9.88 Å². The molecule has 5 nitrogen and oxygen atoms in total. The molecule has 0 atom stereocenters. The summed E-state index contributed by atoms with van der Waals surface area (Å²) in [6.07, 6.45) is 3.25. The summed E-state index contributed by atoms with van der Waals surface area (Å²) in [5.74, 6) is -0.542. The molecule has 1 aromatic heterocycles. The average molecular weight is 302 g/mol. The van der Waals surface area contributed by atoms with E-state index in [-0.39, 0.29) is 11.8 Å². The van der Waals surface area contributed by atoms with Crippen molar-refractivity contribution in [2.75, 3.05) is 12.4 Å². The molecule has 0 saturated heterocycles. The number of fused-ring (bicyclic) bond motifs is 1. The highest BCUT2D eigenvalue weighted by molar-refractivity contribution is 6.31. The number of rotatable bonds is 3. The van der Waals surface area contributed by atoms with Gasteiger partial charge in [-0.1, -0.05) is 11.6 Å². The highest BCUT2D eigenvalue weighted by atomic mass is 35.5. The fraction of sp³-hybridized carbons (Fsp3) is 0.133. The number of hydrogen-bond acceptors (Lipinski definition) is 4. The number of carbonyl (C=O) groups is 2. The summed E-state index contributed by atoms with van der Waals surface area (Å²) >= 11 is 6.04. The van der Waals surface area contributed by atoms with Gasteiger partial charge in [0.2, 0.25) is 0 Å². The Hall–Kier alpha value is -2.40. The van der Waals surface area contributed by atoms with Gasteiger partial charge in [0, 0.05) is 31.7 Å². The Morgan fingerprint density at radius 3 is 2.71 bits per heavy atom. The Labute approximate surface area is 126 Å². The molecule has 0 radical (unpaired) electrons. The summed E-state index contributed by atoms with van der Waals surface area (Å²) in [5, 5.41) is 3.77. The monoisotopic (exact) mass is 301 g/mol. The number of imide groups is 1. The number of benzene rings is 1. The number of halogens is 1. The van der Waals surface area contributed by atoms with Crippen LogP contribution in [0, 0.1) is 0 Å². The van der Waals surface area contributed by atoms with Crippen molar-refractivity contribution in [3.05, 3.63) is 58.4 Å². The second kappa shape index (κ2) is 5.18. The molecular formula is C15H12ClN3O2. The maximum absolute atomic E-state index is 11.9. The molecule has 0 saturated carbocycles. The van der Waals surface area contributed by atoms with Gasteiger partial charge in [-0.3, -0.25) is 19.5 Å². The van der Waals surface area contributed by atoms with Crippen molar-refractivity contribution in [1.29, 1.82) is 0 Å². The van der Waals surface area contributed by atoms with Crippen molar-refractivity contribution < 1.29 is 9.59 Å². The van der Waals surface area contributed by atoms with Gasteiger partial charge in [0.1, 0.15) is 0 Å². The smallest absolute Gasteiger partial charge is 0.261 e. The van der Waals surface area contributed by atoms with Crippen molar-refractivity contribution in [3.63, 3.8) is 0 Å². The molecule has 3 rings (SSSR count). The summed E-state index contributed by atoms with van der Waals surface area (Å²) in [5.41, 5.74) is 2.54. The third-order valence-electron chi connectivity index (χ3n) is 3.43. The van der Waals surface area contributed by atoms with Crippen LogP contribution in [-0.2, 0) is 6.54 Å². The zero-order valence-corrected chi connectivity index (χ0v) is 12.0. The van der Waals surface area contributed by atoms with E-state index in [2.05, 4.69) is 10.3 Å². The van der Waals surface area contributed by atoms with Crippen LogP contribution in [0.1, 0.15) is 26.3 Å². The number of carbonyl (C=O) groups excluding carboxylic acids is 2. The van der Waals surface area contributed by atoms with E-state index in [9.17, 15) is 9.59 Å². The van der Waals surface area contributed by atoms with E-state index in [0.29, 0.717) is 22.7 Å². The van der Waals surface area contributed by atoms with Crippen LogP contribution < -0.4 is 5.32 Å². The van der Waals surface area contributed by atoms with Crippen LogP contribution in [-0.4, -0.2) is 28.7 Å². The van der Waals surface area contributed by atoms with Gasteiger partial charge in [-0.25, -0.2) is 0 Å². The lowest BCUT2D eigenvalue weighted by atomic mass is 10.1. The molecule has 2 aromatic rings. The van der Waals surface area contributed by atoms with Gasteiger partial charge in [0.25, 0.3) is 11.8 Å². The van der Waals surface area contributed by atoms with Crippen LogP contribution >= 0.6 is 11.6 Å². The molecule has 0 spiro atoms.